The molecular formula is C10H20N2O5S. The van der Waals surface area contributed by atoms with E-state index in [0.717, 1.165) is 0 Å². The highest BCUT2D eigenvalue weighted by Gasteiger charge is 2.33. The summed E-state index contributed by atoms with van der Waals surface area (Å²) in [6.07, 6.45) is 0.914. The Labute approximate surface area is 107 Å². The lowest BCUT2D eigenvalue weighted by atomic mass is 9.95. The lowest BCUT2D eigenvalue weighted by molar-refractivity contribution is -0.0591. The van der Waals surface area contributed by atoms with Gasteiger partial charge in [0, 0.05) is 45.7 Å². The number of aliphatic hydroxyl groups is 1. The van der Waals surface area contributed by atoms with Crippen LogP contribution in [0.4, 0.5) is 0 Å². The molecule has 2 aliphatic rings. The molecule has 2 N–H and O–H groups in total. The van der Waals surface area contributed by atoms with Crippen LogP contribution in [0.15, 0.2) is 0 Å². The van der Waals surface area contributed by atoms with Crippen LogP contribution >= 0.6 is 0 Å². The summed E-state index contributed by atoms with van der Waals surface area (Å²) in [5, 5.41) is 10.2. The average Bonchev–Trinajstić information content (AvgIpc) is 2.39. The molecule has 2 aliphatic heterocycles. The lowest BCUT2D eigenvalue weighted by Crippen LogP contribution is -2.52. The molecule has 0 bridgehead atoms. The normalized spacial score (nSPS) is 26.1. The molecule has 2 fully saturated rings. The first-order valence-corrected chi connectivity index (χ1v) is 7.59. The Bertz CT molecular complexity index is 360. The van der Waals surface area contributed by atoms with Crippen LogP contribution in [0.25, 0.3) is 0 Å². The summed E-state index contributed by atoms with van der Waals surface area (Å²) < 4.78 is 38.1. The van der Waals surface area contributed by atoms with E-state index in [1.807, 2.05) is 0 Å². The molecule has 2 saturated heterocycles. The maximum Gasteiger partial charge on any atom is 0.279 e. The Balaban J connectivity index is 1.87. The van der Waals surface area contributed by atoms with E-state index in [9.17, 15) is 13.5 Å². The molecule has 0 atom stereocenters. The molecule has 0 unspecified atom stereocenters. The molecule has 0 aromatic carbocycles. The highest BCUT2D eigenvalue weighted by Crippen LogP contribution is 2.19. The van der Waals surface area contributed by atoms with Crippen molar-refractivity contribution < 1.29 is 23.0 Å². The number of nitrogens with one attached hydrogen (secondary N) is 1. The standard InChI is InChI=1S/C10H20N2O5S/c13-10(1-5-16-6-2-10)9-11-18(14,15)12-3-7-17-8-4-12/h11,13H,1-9H2. The highest BCUT2D eigenvalue weighted by atomic mass is 32.2. The first kappa shape index (κ1) is 14.2. The summed E-state index contributed by atoms with van der Waals surface area (Å²) in [4.78, 5) is 0. The number of hydrogen-bond acceptors (Lipinski definition) is 5. The average molecular weight is 280 g/mol. The van der Waals surface area contributed by atoms with Crippen molar-refractivity contribution in [2.75, 3.05) is 46.1 Å². The summed E-state index contributed by atoms with van der Waals surface area (Å²) in [5.74, 6) is 0. The Morgan fingerprint density at radius 2 is 1.67 bits per heavy atom. The fraction of sp³-hybridized carbons (Fsp3) is 1.00. The fourth-order valence-electron chi connectivity index (χ4n) is 2.03. The van der Waals surface area contributed by atoms with E-state index in [-0.39, 0.29) is 6.54 Å². The number of nitrogens with zero attached hydrogens (tertiary/aromatic N) is 1. The van der Waals surface area contributed by atoms with Crippen LogP contribution in [0.1, 0.15) is 12.8 Å². The quantitative estimate of drug-likeness (QED) is 0.668. The minimum absolute atomic E-state index is 0.0377. The van der Waals surface area contributed by atoms with E-state index in [1.54, 1.807) is 0 Å². The maximum atomic E-state index is 12.0. The molecule has 7 nitrogen and oxygen atoms in total. The molecule has 2 rings (SSSR count). The first-order valence-electron chi connectivity index (χ1n) is 6.15. The van der Waals surface area contributed by atoms with Crippen molar-refractivity contribution in [3.05, 3.63) is 0 Å². The molecular weight excluding hydrogens is 260 g/mol. The van der Waals surface area contributed by atoms with E-state index in [0.29, 0.717) is 52.4 Å². The Morgan fingerprint density at radius 1 is 1.11 bits per heavy atom. The molecule has 2 heterocycles. The lowest BCUT2D eigenvalue weighted by Gasteiger charge is -2.33. The zero-order valence-electron chi connectivity index (χ0n) is 10.3. The highest BCUT2D eigenvalue weighted by molar-refractivity contribution is 7.87. The zero-order valence-corrected chi connectivity index (χ0v) is 11.1. The van der Waals surface area contributed by atoms with Crippen molar-refractivity contribution in [3.63, 3.8) is 0 Å². The largest absolute Gasteiger partial charge is 0.388 e. The molecule has 0 saturated carbocycles. The van der Waals surface area contributed by atoms with Gasteiger partial charge >= 0.3 is 0 Å². The van der Waals surface area contributed by atoms with Crippen molar-refractivity contribution in [1.82, 2.24) is 9.03 Å². The molecule has 0 aromatic rings. The molecule has 0 amide bonds. The van der Waals surface area contributed by atoms with Crippen LogP contribution < -0.4 is 4.72 Å². The van der Waals surface area contributed by atoms with Crippen LogP contribution in [0.2, 0.25) is 0 Å². The van der Waals surface area contributed by atoms with Gasteiger partial charge in [0.25, 0.3) is 10.2 Å². The Kier molecular flexibility index (Phi) is 4.57. The first-order chi connectivity index (χ1) is 8.52. The molecule has 106 valence electrons. The van der Waals surface area contributed by atoms with Gasteiger partial charge in [-0.15, -0.1) is 0 Å². The van der Waals surface area contributed by atoms with Crippen molar-refractivity contribution in [2.45, 2.75) is 18.4 Å². The second-order valence-corrected chi connectivity index (χ2v) is 6.43. The van der Waals surface area contributed by atoms with Crippen LogP contribution in [0, 0.1) is 0 Å². The second kappa shape index (κ2) is 5.81. The SMILES string of the molecule is O=S(=O)(NCC1(O)CCOCC1)N1CCOCC1. The van der Waals surface area contributed by atoms with E-state index in [1.165, 1.54) is 4.31 Å². The third-order valence-electron chi connectivity index (χ3n) is 3.32. The minimum Gasteiger partial charge on any atom is -0.388 e. The molecule has 18 heavy (non-hydrogen) atoms. The van der Waals surface area contributed by atoms with Crippen molar-refractivity contribution >= 4 is 10.2 Å². The monoisotopic (exact) mass is 280 g/mol. The number of rotatable bonds is 4. The summed E-state index contributed by atoms with van der Waals surface area (Å²) in [5.41, 5.74) is -0.988. The van der Waals surface area contributed by atoms with Crippen LogP contribution in [-0.2, 0) is 19.7 Å². The minimum atomic E-state index is -3.52. The van der Waals surface area contributed by atoms with Gasteiger partial charge in [-0.3, -0.25) is 0 Å². The third-order valence-corrected chi connectivity index (χ3v) is 4.87. The predicted octanol–water partition coefficient (Wildman–Crippen LogP) is -1.31. The van der Waals surface area contributed by atoms with Gasteiger partial charge in [-0.1, -0.05) is 0 Å². The summed E-state index contributed by atoms with van der Waals surface area (Å²) in [6, 6.07) is 0. The second-order valence-electron chi connectivity index (χ2n) is 4.67. The topological polar surface area (TPSA) is 88.1 Å². The smallest absolute Gasteiger partial charge is 0.279 e. The predicted molar refractivity (Wildman–Crippen MR) is 64.3 cm³/mol. The Hall–Kier alpha value is -0.250. The summed E-state index contributed by atoms with van der Waals surface area (Å²) in [7, 11) is -3.52. The van der Waals surface area contributed by atoms with Gasteiger partial charge in [-0.2, -0.15) is 17.4 Å². The summed E-state index contributed by atoms with van der Waals surface area (Å²) in [6.45, 7) is 2.52. The molecule has 0 aromatic heterocycles. The van der Waals surface area contributed by atoms with Gasteiger partial charge in [0.1, 0.15) is 0 Å². The van der Waals surface area contributed by atoms with Crippen molar-refractivity contribution in [3.8, 4) is 0 Å². The van der Waals surface area contributed by atoms with Crippen molar-refractivity contribution in [2.24, 2.45) is 0 Å². The zero-order chi connectivity index (χ0) is 13.1. The van der Waals surface area contributed by atoms with E-state index in [4.69, 9.17) is 9.47 Å². The summed E-state index contributed by atoms with van der Waals surface area (Å²) >= 11 is 0. The molecule has 0 aliphatic carbocycles. The van der Waals surface area contributed by atoms with E-state index in [2.05, 4.69) is 4.72 Å². The van der Waals surface area contributed by atoms with Gasteiger partial charge in [0.2, 0.25) is 0 Å². The van der Waals surface area contributed by atoms with E-state index >= 15 is 0 Å². The number of hydrogen-bond donors (Lipinski definition) is 2. The van der Waals surface area contributed by atoms with Crippen LogP contribution in [0.3, 0.4) is 0 Å². The molecule has 0 spiro atoms. The number of ether oxygens (including phenoxy) is 2. The number of morpholine rings is 1. The van der Waals surface area contributed by atoms with Crippen LogP contribution in [-0.4, -0.2) is 69.5 Å². The van der Waals surface area contributed by atoms with Gasteiger partial charge in [-0.25, -0.2) is 0 Å². The van der Waals surface area contributed by atoms with Gasteiger partial charge in [0.15, 0.2) is 0 Å². The van der Waals surface area contributed by atoms with Crippen molar-refractivity contribution in [1.29, 1.82) is 0 Å². The third kappa shape index (κ3) is 3.62. The Morgan fingerprint density at radius 3 is 2.28 bits per heavy atom. The molecule has 8 heteroatoms. The van der Waals surface area contributed by atoms with E-state index < -0.39 is 15.8 Å². The maximum absolute atomic E-state index is 12.0. The fourth-order valence-corrected chi connectivity index (χ4v) is 3.30. The van der Waals surface area contributed by atoms with Gasteiger partial charge in [0.05, 0.1) is 18.8 Å². The van der Waals surface area contributed by atoms with Gasteiger partial charge in [-0.05, 0) is 0 Å². The van der Waals surface area contributed by atoms with Gasteiger partial charge < -0.3 is 14.6 Å². The van der Waals surface area contributed by atoms with Crippen LogP contribution in [0.5, 0.6) is 0 Å². The molecule has 0 radical (unpaired) electrons.